The molecule has 0 aliphatic heterocycles. The Bertz CT molecular complexity index is 1500. The number of fused-ring (bicyclic) bond motifs is 1. The van der Waals surface area contributed by atoms with Crippen molar-refractivity contribution in [2.45, 2.75) is 40.2 Å². The fourth-order valence-corrected chi connectivity index (χ4v) is 3.62. The third-order valence-corrected chi connectivity index (χ3v) is 5.58. The number of hydrogen-bond acceptors (Lipinski definition) is 8. The maximum absolute atomic E-state index is 13.2. The van der Waals surface area contributed by atoms with Crippen LogP contribution in [0.2, 0.25) is 0 Å². The molecule has 0 atom stereocenters. The highest BCUT2D eigenvalue weighted by Crippen LogP contribution is 2.22. The minimum Gasteiger partial charge on any atom is -0.443 e. The number of hydrogen-bond donors (Lipinski definition) is 1. The molecule has 0 saturated carbocycles. The van der Waals surface area contributed by atoms with Crippen LogP contribution >= 0.6 is 11.6 Å². The summed E-state index contributed by atoms with van der Waals surface area (Å²) in [6.07, 6.45) is 0.964. The number of nitrogens with one attached hydrogen (secondary N) is 1. The fraction of sp³-hybridized carbons (Fsp3) is 0.360. The minimum absolute atomic E-state index is 0.106. The molecule has 3 rings (SSSR count). The van der Waals surface area contributed by atoms with Crippen LogP contribution in [0.3, 0.4) is 0 Å². The van der Waals surface area contributed by atoms with E-state index in [2.05, 4.69) is 10.4 Å². The van der Waals surface area contributed by atoms with Crippen molar-refractivity contribution in [3.8, 4) is 0 Å². The molecular weight excluding hydrogens is 516 g/mol. The third kappa shape index (κ3) is 5.86. The van der Waals surface area contributed by atoms with Gasteiger partial charge in [-0.2, -0.15) is 5.10 Å². The monoisotopic (exact) mass is 544 g/mol. The summed E-state index contributed by atoms with van der Waals surface area (Å²) < 4.78 is 12.8. The van der Waals surface area contributed by atoms with E-state index in [1.165, 1.54) is 31.1 Å². The summed E-state index contributed by atoms with van der Waals surface area (Å²) in [7, 11) is 2.77. The lowest BCUT2D eigenvalue weighted by Gasteiger charge is -2.20. The molecule has 0 unspecified atom stereocenters. The Kier molecular flexibility index (Phi) is 8.25. The molecule has 0 aliphatic carbocycles. The number of nitrogens with zero attached hydrogens (tertiary/aromatic N) is 5. The fourth-order valence-electron chi connectivity index (χ4n) is 3.52. The van der Waals surface area contributed by atoms with E-state index in [9.17, 15) is 19.2 Å². The molecule has 0 aliphatic rings. The first-order valence-electron chi connectivity index (χ1n) is 11.5. The molecule has 2 heterocycles. The summed E-state index contributed by atoms with van der Waals surface area (Å²) in [6.45, 7) is 8.61. The average Bonchev–Trinajstić information content (AvgIpc) is 3.19. The molecular formula is C25H29ClN6O6. The summed E-state index contributed by atoms with van der Waals surface area (Å²) in [5.41, 5.74) is 1.63. The van der Waals surface area contributed by atoms with Gasteiger partial charge in [-0.25, -0.2) is 28.6 Å². The summed E-state index contributed by atoms with van der Waals surface area (Å²) in [5.74, 6) is -0.976. The molecule has 0 bridgehead atoms. The van der Waals surface area contributed by atoms with Gasteiger partial charge in [-0.05, 0) is 57.9 Å². The van der Waals surface area contributed by atoms with Gasteiger partial charge in [0.05, 0.1) is 11.3 Å². The number of benzene rings is 1. The van der Waals surface area contributed by atoms with Crippen LogP contribution in [0.4, 0.5) is 15.3 Å². The van der Waals surface area contributed by atoms with Gasteiger partial charge in [0.1, 0.15) is 17.4 Å². The van der Waals surface area contributed by atoms with Gasteiger partial charge in [-0.15, -0.1) is 0 Å². The van der Waals surface area contributed by atoms with Crippen molar-refractivity contribution in [3.63, 3.8) is 0 Å². The van der Waals surface area contributed by atoms with E-state index in [4.69, 9.17) is 26.1 Å². The zero-order valence-electron chi connectivity index (χ0n) is 22.2. The topological polar surface area (TPSA) is 137 Å². The van der Waals surface area contributed by atoms with Gasteiger partial charge in [0, 0.05) is 25.9 Å². The standard InChI is InChI=1S/C25H29ClN6O6/c1-14-8-9-16(21(33)27-6)10-18(14)29-20-19-15(2)17(22(34)30(7)23(35)37-12-26)11-32(19)28-13-31(20)24(36)38-25(3,4)5/h8-11,13H,12H2,1-7H3,(H,27,33)/b29-20-. The normalized spacial score (nSPS) is 11.8. The Labute approximate surface area is 223 Å². The lowest BCUT2D eigenvalue weighted by atomic mass is 10.1. The Morgan fingerprint density at radius 1 is 1.18 bits per heavy atom. The smallest absolute Gasteiger partial charge is 0.421 e. The molecule has 12 nitrogen and oxygen atoms in total. The number of ether oxygens (including phenoxy) is 2. The number of alkyl halides is 1. The van der Waals surface area contributed by atoms with Crippen LogP contribution in [0.25, 0.3) is 5.52 Å². The highest BCUT2D eigenvalue weighted by Gasteiger charge is 2.26. The molecule has 38 heavy (non-hydrogen) atoms. The SMILES string of the molecule is CNC(=O)c1ccc(C)c(/N=c2/c3c(C)c(C(=O)N(C)C(=O)OCCl)cn3ncn2C(=O)OC(C)(C)C)c1. The zero-order valence-corrected chi connectivity index (χ0v) is 22.9. The van der Waals surface area contributed by atoms with E-state index in [0.717, 1.165) is 15.0 Å². The van der Waals surface area contributed by atoms with E-state index < -0.39 is 29.8 Å². The number of imide groups is 1. The highest BCUT2D eigenvalue weighted by molar-refractivity contribution is 6.17. The minimum atomic E-state index is -0.928. The van der Waals surface area contributed by atoms with E-state index in [1.54, 1.807) is 52.8 Å². The molecule has 1 N–H and O–H groups in total. The molecule has 0 radical (unpaired) electrons. The van der Waals surface area contributed by atoms with Crippen molar-refractivity contribution < 1.29 is 28.7 Å². The van der Waals surface area contributed by atoms with E-state index in [0.29, 0.717) is 22.3 Å². The van der Waals surface area contributed by atoms with Gasteiger partial charge < -0.3 is 14.8 Å². The van der Waals surface area contributed by atoms with Crippen LogP contribution in [0.15, 0.2) is 35.7 Å². The Morgan fingerprint density at radius 2 is 1.87 bits per heavy atom. The first-order valence-corrected chi connectivity index (χ1v) is 12.0. The second kappa shape index (κ2) is 11.1. The van der Waals surface area contributed by atoms with Crippen molar-refractivity contribution in [3.05, 3.63) is 58.5 Å². The van der Waals surface area contributed by atoms with Crippen molar-refractivity contribution in [2.24, 2.45) is 4.99 Å². The maximum Gasteiger partial charge on any atom is 0.421 e. The Hall–Kier alpha value is -4.19. The Morgan fingerprint density at radius 3 is 2.47 bits per heavy atom. The van der Waals surface area contributed by atoms with Crippen LogP contribution < -0.4 is 10.8 Å². The molecule has 202 valence electrons. The summed E-state index contributed by atoms with van der Waals surface area (Å²) in [5, 5.41) is 6.84. The quantitative estimate of drug-likeness (QED) is 0.496. The predicted molar refractivity (Wildman–Crippen MR) is 139 cm³/mol. The van der Waals surface area contributed by atoms with E-state index in [-0.39, 0.29) is 17.0 Å². The molecule has 0 fully saturated rings. The largest absolute Gasteiger partial charge is 0.443 e. The van der Waals surface area contributed by atoms with Gasteiger partial charge in [-0.1, -0.05) is 17.7 Å². The average molecular weight is 545 g/mol. The molecule has 0 saturated heterocycles. The van der Waals surface area contributed by atoms with Crippen LogP contribution in [-0.2, 0) is 9.47 Å². The molecule has 0 spiro atoms. The number of halogens is 1. The van der Waals surface area contributed by atoms with Crippen LogP contribution in [0.1, 0.15) is 52.6 Å². The first-order chi connectivity index (χ1) is 17.8. The number of carbonyl (C=O) groups excluding carboxylic acids is 4. The number of rotatable bonds is 4. The first kappa shape index (κ1) is 28.4. The van der Waals surface area contributed by atoms with Crippen LogP contribution in [0.5, 0.6) is 0 Å². The molecule has 2 aromatic heterocycles. The zero-order chi connectivity index (χ0) is 28.4. The highest BCUT2D eigenvalue weighted by atomic mass is 35.5. The second-order valence-electron chi connectivity index (χ2n) is 9.34. The molecule has 1 aromatic carbocycles. The molecule has 3 amide bonds. The summed E-state index contributed by atoms with van der Waals surface area (Å²) >= 11 is 5.45. The van der Waals surface area contributed by atoms with Gasteiger partial charge >= 0.3 is 12.2 Å². The third-order valence-electron chi connectivity index (χ3n) is 5.47. The van der Waals surface area contributed by atoms with Crippen molar-refractivity contribution >= 4 is 46.8 Å². The molecule has 13 heteroatoms. The number of carbonyl (C=O) groups is 4. The predicted octanol–water partition coefficient (Wildman–Crippen LogP) is 3.53. The van der Waals surface area contributed by atoms with Crippen LogP contribution in [0, 0.1) is 13.8 Å². The number of amides is 3. The maximum atomic E-state index is 13.2. The van der Waals surface area contributed by atoms with E-state index >= 15 is 0 Å². The van der Waals surface area contributed by atoms with E-state index in [1.807, 2.05) is 0 Å². The van der Waals surface area contributed by atoms with Crippen molar-refractivity contribution in [1.29, 1.82) is 0 Å². The molecule has 3 aromatic rings. The van der Waals surface area contributed by atoms with Crippen molar-refractivity contribution in [1.82, 2.24) is 24.4 Å². The number of aromatic nitrogens is 3. The van der Waals surface area contributed by atoms with Gasteiger partial charge in [0.15, 0.2) is 11.6 Å². The van der Waals surface area contributed by atoms with Crippen LogP contribution in [-0.4, -0.2) is 68.8 Å². The second-order valence-corrected chi connectivity index (χ2v) is 9.56. The van der Waals surface area contributed by atoms with Gasteiger partial charge in [0.25, 0.3) is 11.8 Å². The van der Waals surface area contributed by atoms with Gasteiger partial charge in [0.2, 0.25) is 0 Å². The lowest BCUT2D eigenvalue weighted by Crippen LogP contribution is -2.35. The summed E-state index contributed by atoms with van der Waals surface area (Å²) in [4.78, 5) is 56.1. The van der Waals surface area contributed by atoms with Crippen molar-refractivity contribution in [2.75, 3.05) is 20.2 Å². The summed E-state index contributed by atoms with van der Waals surface area (Å²) in [6, 6.07) is 4.57. The van der Waals surface area contributed by atoms with Gasteiger partial charge in [-0.3, -0.25) is 9.59 Å². The lowest BCUT2D eigenvalue weighted by molar-refractivity contribution is 0.0526. The number of aryl methyl sites for hydroxylation is 2. The Balaban J connectivity index is 2.34.